The summed E-state index contributed by atoms with van der Waals surface area (Å²) in [7, 11) is -3.85. The molecule has 1 saturated carbocycles. The summed E-state index contributed by atoms with van der Waals surface area (Å²) in [6.07, 6.45) is 4.53. The Balaban J connectivity index is 1.84. The molecule has 5 nitrogen and oxygen atoms in total. The van der Waals surface area contributed by atoms with Gasteiger partial charge in [0.25, 0.3) is 5.91 Å². The van der Waals surface area contributed by atoms with Crippen LogP contribution in [0.2, 0.25) is 0 Å². The smallest absolute Gasteiger partial charge is 0.258 e. The van der Waals surface area contributed by atoms with Crippen LogP contribution in [0.15, 0.2) is 47.4 Å². The minimum absolute atomic E-state index is 0.106. The molecule has 1 aliphatic rings. The van der Waals surface area contributed by atoms with Gasteiger partial charge < -0.3 is 5.32 Å². The van der Waals surface area contributed by atoms with Crippen LogP contribution in [-0.2, 0) is 16.4 Å². The molecule has 0 radical (unpaired) electrons. The van der Waals surface area contributed by atoms with E-state index in [1.54, 1.807) is 12.1 Å². The number of nitrogens with one attached hydrogen (secondary N) is 2. The lowest BCUT2D eigenvalue weighted by molar-refractivity contribution is 0.102. The first-order valence-corrected chi connectivity index (χ1v) is 11.5. The van der Waals surface area contributed by atoms with Gasteiger partial charge in [0.1, 0.15) is 5.82 Å². The maximum atomic E-state index is 14.3. The number of benzene rings is 2. The van der Waals surface area contributed by atoms with Gasteiger partial charge in [0.15, 0.2) is 0 Å². The van der Waals surface area contributed by atoms with Crippen LogP contribution in [0.1, 0.15) is 55.5 Å². The zero-order chi connectivity index (χ0) is 21.0. The maximum Gasteiger partial charge on any atom is 0.258 e. The minimum atomic E-state index is -3.85. The van der Waals surface area contributed by atoms with Crippen LogP contribution in [0.4, 0.5) is 10.1 Å². The van der Waals surface area contributed by atoms with Crippen molar-refractivity contribution in [3.63, 3.8) is 0 Å². The SMILES string of the molecule is CCc1ccccc1NC(=O)c1cc(S(=O)(=O)N[C@H]2CCCC[C@H]2C)ccc1F. The molecule has 2 aromatic carbocycles. The van der Waals surface area contributed by atoms with Gasteiger partial charge in [-0.3, -0.25) is 4.79 Å². The Kier molecular flexibility index (Phi) is 6.70. The Morgan fingerprint density at radius 1 is 1.14 bits per heavy atom. The van der Waals surface area contributed by atoms with Crippen molar-refractivity contribution in [3.05, 3.63) is 59.4 Å². The number of anilines is 1. The number of hydrogen-bond donors (Lipinski definition) is 2. The van der Waals surface area contributed by atoms with Crippen molar-refractivity contribution in [2.75, 3.05) is 5.32 Å². The van der Waals surface area contributed by atoms with Gasteiger partial charge in [-0.1, -0.05) is 44.9 Å². The van der Waals surface area contributed by atoms with Gasteiger partial charge in [0, 0.05) is 11.7 Å². The van der Waals surface area contributed by atoms with Crippen LogP contribution in [0.5, 0.6) is 0 Å². The Morgan fingerprint density at radius 2 is 1.86 bits per heavy atom. The molecule has 0 aromatic heterocycles. The van der Waals surface area contributed by atoms with E-state index in [0.29, 0.717) is 12.1 Å². The van der Waals surface area contributed by atoms with Crippen molar-refractivity contribution < 1.29 is 17.6 Å². The molecule has 0 unspecified atom stereocenters. The summed E-state index contributed by atoms with van der Waals surface area (Å²) in [4.78, 5) is 12.6. The molecule has 0 aliphatic heterocycles. The predicted molar refractivity (Wildman–Crippen MR) is 112 cm³/mol. The predicted octanol–water partition coefficient (Wildman–Crippen LogP) is 4.50. The maximum absolute atomic E-state index is 14.3. The first-order chi connectivity index (χ1) is 13.8. The second-order valence-electron chi connectivity index (χ2n) is 7.60. The zero-order valence-corrected chi connectivity index (χ0v) is 17.6. The van der Waals surface area contributed by atoms with Crippen molar-refractivity contribution in [1.82, 2.24) is 4.72 Å². The summed E-state index contributed by atoms with van der Waals surface area (Å²) in [6.45, 7) is 3.98. The lowest BCUT2D eigenvalue weighted by atomic mass is 9.87. The summed E-state index contributed by atoms with van der Waals surface area (Å²) in [5.74, 6) is -1.19. The van der Waals surface area contributed by atoms with Crippen LogP contribution in [0, 0.1) is 11.7 Å². The van der Waals surface area contributed by atoms with Gasteiger partial charge in [-0.05, 0) is 55.0 Å². The van der Waals surface area contributed by atoms with E-state index >= 15 is 0 Å². The Morgan fingerprint density at radius 3 is 2.59 bits per heavy atom. The largest absolute Gasteiger partial charge is 0.322 e. The van der Waals surface area contributed by atoms with E-state index in [1.165, 1.54) is 6.07 Å². The quantitative estimate of drug-likeness (QED) is 0.725. The van der Waals surface area contributed by atoms with E-state index in [-0.39, 0.29) is 22.4 Å². The number of carbonyl (C=O) groups is 1. The third-order valence-corrected chi connectivity index (χ3v) is 7.04. The third kappa shape index (κ3) is 5.03. The standard InChI is InChI=1S/C22H27FN2O3S/c1-3-16-9-5-7-11-21(16)24-22(26)18-14-17(12-13-19(18)23)29(27,28)25-20-10-6-4-8-15(20)2/h5,7,9,11-15,20,25H,3-4,6,8,10H2,1-2H3,(H,24,26)/t15-,20+/m1/s1. The highest BCUT2D eigenvalue weighted by atomic mass is 32.2. The van der Waals surface area contributed by atoms with Crippen LogP contribution in [0.25, 0.3) is 0 Å². The molecule has 0 heterocycles. The van der Waals surface area contributed by atoms with Gasteiger partial charge in [-0.25, -0.2) is 17.5 Å². The van der Waals surface area contributed by atoms with E-state index in [2.05, 4.69) is 10.0 Å². The number of aryl methyl sites for hydroxylation is 1. The van der Waals surface area contributed by atoms with Crippen LogP contribution < -0.4 is 10.0 Å². The topological polar surface area (TPSA) is 75.3 Å². The van der Waals surface area contributed by atoms with Gasteiger partial charge in [-0.15, -0.1) is 0 Å². The molecule has 2 N–H and O–H groups in total. The average molecular weight is 419 g/mol. The van der Waals surface area contributed by atoms with E-state index in [0.717, 1.165) is 43.4 Å². The number of amides is 1. The van der Waals surface area contributed by atoms with E-state index in [4.69, 9.17) is 0 Å². The summed E-state index contributed by atoms with van der Waals surface area (Å²) >= 11 is 0. The molecule has 2 atom stereocenters. The highest BCUT2D eigenvalue weighted by Gasteiger charge is 2.27. The molecule has 1 amide bonds. The van der Waals surface area contributed by atoms with Crippen LogP contribution in [-0.4, -0.2) is 20.4 Å². The first kappa shape index (κ1) is 21.5. The molecule has 1 fully saturated rings. The zero-order valence-electron chi connectivity index (χ0n) is 16.7. The van der Waals surface area contributed by atoms with Crippen molar-refractivity contribution in [1.29, 1.82) is 0 Å². The summed E-state index contributed by atoms with van der Waals surface area (Å²) in [5, 5.41) is 2.69. The monoisotopic (exact) mass is 418 g/mol. The Labute approximate surface area is 171 Å². The molecular formula is C22H27FN2O3S. The molecule has 0 bridgehead atoms. The fraction of sp³-hybridized carbons (Fsp3) is 0.409. The second-order valence-corrected chi connectivity index (χ2v) is 9.31. The number of para-hydroxylation sites is 1. The lowest BCUT2D eigenvalue weighted by Crippen LogP contribution is -2.41. The highest BCUT2D eigenvalue weighted by molar-refractivity contribution is 7.89. The average Bonchev–Trinajstić information content (AvgIpc) is 2.70. The third-order valence-electron chi connectivity index (χ3n) is 5.56. The summed E-state index contributed by atoms with van der Waals surface area (Å²) in [5.41, 5.74) is 1.20. The van der Waals surface area contributed by atoms with Crippen LogP contribution in [0.3, 0.4) is 0 Å². The number of rotatable bonds is 6. The summed E-state index contributed by atoms with van der Waals surface area (Å²) < 4.78 is 42.7. The Hall–Kier alpha value is -2.25. The molecule has 29 heavy (non-hydrogen) atoms. The lowest BCUT2D eigenvalue weighted by Gasteiger charge is -2.29. The molecule has 0 saturated heterocycles. The fourth-order valence-electron chi connectivity index (χ4n) is 3.74. The van der Waals surface area contributed by atoms with Gasteiger partial charge in [0.05, 0.1) is 10.5 Å². The molecule has 0 spiro atoms. The molecule has 7 heteroatoms. The van der Waals surface area contributed by atoms with Gasteiger partial charge in [-0.2, -0.15) is 0 Å². The van der Waals surface area contributed by atoms with Crippen molar-refractivity contribution >= 4 is 21.6 Å². The minimum Gasteiger partial charge on any atom is -0.322 e. The molecule has 1 aliphatic carbocycles. The van der Waals surface area contributed by atoms with Crippen molar-refractivity contribution in [3.8, 4) is 0 Å². The van der Waals surface area contributed by atoms with E-state index in [9.17, 15) is 17.6 Å². The molecular weight excluding hydrogens is 391 g/mol. The normalized spacial score (nSPS) is 19.7. The Bertz CT molecular complexity index is 991. The van der Waals surface area contributed by atoms with Crippen molar-refractivity contribution in [2.45, 2.75) is 56.9 Å². The molecule has 3 rings (SSSR count). The first-order valence-electron chi connectivity index (χ1n) is 10.0. The van der Waals surface area contributed by atoms with Crippen LogP contribution >= 0.6 is 0 Å². The molecule has 156 valence electrons. The highest BCUT2D eigenvalue weighted by Crippen LogP contribution is 2.26. The molecule has 2 aromatic rings. The number of hydrogen-bond acceptors (Lipinski definition) is 3. The summed E-state index contributed by atoms with van der Waals surface area (Å²) in [6, 6.07) is 10.4. The van der Waals surface area contributed by atoms with Crippen molar-refractivity contribution in [2.24, 2.45) is 5.92 Å². The van der Waals surface area contributed by atoms with Gasteiger partial charge >= 0.3 is 0 Å². The number of carbonyl (C=O) groups excluding carboxylic acids is 1. The van der Waals surface area contributed by atoms with E-state index < -0.39 is 21.7 Å². The van der Waals surface area contributed by atoms with Gasteiger partial charge in [0.2, 0.25) is 10.0 Å². The fourth-order valence-corrected chi connectivity index (χ4v) is 5.15. The number of sulfonamides is 1. The second kappa shape index (κ2) is 9.05. The number of halogens is 1. The van der Waals surface area contributed by atoms with E-state index in [1.807, 2.05) is 26.0 Å².